The molecule has 2 amide bonds. The Morgan fingerprint density at radius 3 is 2.26 bits per heavy atom. The van der Waals surface area contributed by atoms with Gasteiger partial charge in [-0.05, 0) is 50.1 Å². The summed E-state index contributed by atoms with van der Waals surface area (Å²) in [6, 6.07) is 10.9. The summed E-state index contributed by atoms with van der Waals surface area (Å²) in [6.45, 7) is 4.91. The van der Waals surface area contributed by atoms with Gasteiger partial charge in [-0.15, -0.1) is 0 Å². The topological polar surface area (TPSA) is 76.7 Å². The number of carbonyl (C=O) groups is 2. The van der Waals surface area contributed by atoms with Crippen molar-refractivity contribution in [2.75, 3.05) is 25.1 Å². The Kier molecular flexibility index (Phi) is 7.61. The van der Waals surface area contributed by atoms with Gasteiger partial charge >= 0.3 is 11.8 Å². The zero-order valence-corrected chi connectivity index (χ0v) is 15.4. The van der Waals surface area contributed by atoms with E-state index in [9.17, 15) is 14.0 Å². The lowest BCUT2D eigenvalue weighted by Gasteiger charge is -2.13. The molecule has 0 aromatic heterocycles. The summed E-state index contributed by atoms with van der Waals surface area (Å²) in [5, 5.41) is 5.07. The van der Waals surface area contributed by atoms with Gasteiger partial charge in [0.25, 0.3) is 0 Å². The first-order valence-electron chi connectivity index (χ1n) is 8.76. The number of hydrogen-bond donors (Lipinski definition) is 2. The molecule has 0 saturated heterocycles. The SMILES string of the molecule is CCOc1ccc(NC(=O)C(=O)NCCc2ccc(F)cc2)cc1OCC. The quantitative estimate of drug-likeness (QED) is 0.697. The summed E-state index contributed by atoms with van der Waals surface area (Å²) in [6.07, 6.45) is 0.497. The molecule has 2 N–H and O–H groups in total. The van der Waals surface area contributed by atoms with Crippen LogP contribution in [0.2, 0.25) is 0 Å². The van der Waals surface area contributed by atoms with Gasteiger partial charge in [0.15, 0.2) is 11.5 Å². The van der Waals surface area contributed by atoms with Gasteiger partial charge in [0.1, 0.15) is 5.82 Å². The van der Waals surface area contributed by atoms with Crippen molar-refractivity contribution in [3.8, 4) is 11.5 Å². The number of hydrogen-bond acceptors (Lipinski definition) is 4. The van der Waals surface area contributed by atoms with Crippen LogP contribution >= 0.6 is 0 Å². The first-order chi connectivity index (χ1) is 13.0. The lowest BCUT2D eigenvalue weighted by atomic mass is 10.1. The minimum absolute atomic E-state index is 0.269. The van der Waals surface area contributed by atoms with E-state index in [-0.39, 0.29) is 12.4 Å². The second-order valence-corrected chi connectivity index (χ2v) is 5.61. The van der Waals surface area contributed by atoms with E-state index in [4.69, 9.17) is 9.47 Å². The number of benzene rings is 2. The molecule has 7 heteroatoms. The van der Waals surface area contributed by atoms with Crippen LogP contribution in [0.25, 0.3) is 0 Å². The van der Waals surface area contributed by atoms with Crippen molar-refractivity contribution < 1.29 is 23.5 Å². The molecule has 2 aromatic rings. The van der Waals surface area contributed by atoms with Gasteiger partial charge in [-0.3, -0.25) is 9.59 Å². The van der Waals surface area contributed by atoms with Crippen LogP contribution in [0.5, 0.6) is 11.5 Å². The van der Waals surface area contributed by atoms with Crippen LogP contribution in [0.15, 0.2) is 42.5 Å². The van der Waals surface area contributed by atoms with Crippen molar-refractivity contribution in [2.45, 2.75) is 20.3 Å². The minimum atomic E-state index is -0.777. The second kappa shape index (κ2) is 10.2. The molecular weight excluding hydrogens is 351 g/mol. The van der Waals surface area contributed by atoms with Gasteiger partial charge < -0.3 is 20.1 Å². The van der Waals surface area contributed by atoms with Crippen LogP contribution in [0, 0.1) is 5.82 Å². The van der Waals surface area contributed by atoms with Crippen LogP contribution in [0.1, 0.15) is 19.4 Å². The number of ether oxygens (including phenoxy) is 2. The molecule has 2 rings (SSSR count). The van der Waals surface area contributed by atoms with E-state index in [0.29, 0.717) is 36.8 Å². The van der Waals surface area contributed by atoms with Gasteiger partial charge in [-0.2, -0.15) is 0 Å². The fourth-order valence-corrected chi connectivity index (χ4v) is 2.37. The van der Waals surface area contributed by atoms with E-state index in [1.807, 2.05) is 13.8 Å². The highest BCUT2D eigenvalue weighted by Crippen LogP contribution is 2.30. The number of anilines is 1. The molecule has 0 saturated carbocycles. The Hall–Kier alpha value is -3.09. The Morgan fingerprint density at radius 2 is 1.59 bits per heavy atom. The maximum Gasteiger partial charge on any atom is 0.313 e. The van der Waals surface area contributed by atoms with Crippen LogP contribution in [-0.2, 0) is 16.0 Å². The Balaban J connectivity index is 1.88. The summed E-state index contributed by atoms with van der Waals surface area (Å²) >= 11 is 0. The first kappa shape index (κ1) is 20.2. The molecule has 0 radical (unpaired) electrons. The fraction of sp³-hybridized carbons (Fsp3) is 0.300. The van der Waals surface area contributed by atoms with Crippen molar-refractivity contribution in [3.63, 3.8) is 0 Å². The number of nitrogens with one attached hydrogen (secondary N) is 2. The van der Waals surface area contributed by atoms with Crippen LogP contribution in [0.3, 0.4) is 0 Å². The molecular formula is C20H23FN2O4. The highest BCUT2D eigenvalue weighted by molar-refractivity contribution is 6.39. The number of amides is 2. The Morgan fingerprint density at radius 1 is 0.926 bits per heavy atom. The molecule has 0 aliphatic carbocycles. The monoisotopic (exact) mass is 374 g/mol. The lowest BCUT2D eigenvalue weighted by Crippen LogP contribution is -2.36. The third kappa shape index (κ3) is 6.29. The normalized spacial score (nSPS) is 10.2. The largest absolute Gasteiger partial charge is 0.490 e. The van der Waals surface area contributed by atoms with Crippen molar-refractivity contribution in [1.29, 1.82) is 0 Å². The average molecular weight is 374 g/mol. The zero-order valence-electron chi connectivity index (χ0n) is 15.4. The molecule has 0 bridgehead atoms. The highest BCUT2D eigenvalue weighted by Gasteiger charge is 2.14. The molecule has 2 aromatic carbocycles. The highest BCUT2D eigenvalue weighted by atomic mass is 19.1. The minimum Gasteiger partial charge on any atom is -0.490 e. The second-order valence-electron chi connectivity index (χ2n) is 5.61. The van der Waals surface area contributed by atoms with E-state index in [2.05, 4.69) is 10.6 Å². The molecule has 0 aliphatic rings. The Bertz CT molecular complexity index is 778. The number of rotatable bonds is 8. The summed E-state index contributed by atoms with van der Waals surface area (Å²) in [4.78, 5) is 24.0. The van der Waals surface area contributed by atoms with E-state index in [1.54, 1.807) is 30.3 Å². The van der Waals surface area contributed by atoms with E-state index in [0.717, 1.165) is 5.56 Å². The van der Waals surface area contributed by atoms with Crippen molar-refractivity contribution >= 4 is 17.5 Å². The predicted octanol–water partition coefficient (Wildman–Crippen LogP) is 2.92. The van der Waals surface area contributed by atoms with Crippen LogP contribution in [0.4, 0.5) is 10.1 Å². The van der Waals surface area contributed by atoms with Gasteiger partial charge in [-0.1, -0.05) is 12.1 Å². The Labute approximate surface area is 157 Å². The molecule has 0 fully saturated rings. The fourth-order valence-electron chi connectivity index (χ4n) is 2.37. The molecule has 0 unspecified atom stereocenters. The third-order valence-corrected chi connectivity index (χ3v) is 3.62. The molecule has 0 heterocycles. The molecule has 0 aliphatic heterocycles. The van der Waals surface area contributed by atoms with Gasteiger partial charge in [0.2, 0.25) is 0 Å². The van der Waals surface area contributed by atoms with Crippen molar-refractivity contribution in [3.05, 3.63) is 53.8 Å². The molecule has 27 heavy (non-hydrogen) atoms. The smallest absolute Gasteiger partial charge is 0.313 e. The zero-order chi connectivity index (χ0) is 19.6. The number of carbonyl (C=O) groups excluding carboxylic acids is 2. The van der Waals surface area contributed by atoms with Crippen LogP contribution < -0.4 is 20.1 Å². The van der Waals surface area contributed by atoms with E-state index >= 15 is 0 Å². The standard InChI is InChI=1S/C20H23FN2O4/c1-3-26-17-10-9-16(13-18(17)27-4-2)23-20(25)19(24)22-12-11-14-5-7-15(21)8-6-14/h5-10,13H,3-4,11-12H2,1-2H3,(H,22,24)(H,23,25). The summed E-state index contributed by atoms with van der Waals surface area (Å²) in [5.74, 6) is -0.774. The van der Waals surface area contributed by atoms with Crippen molar-refractivity contribution in [2.24, 2.45) is 0 Å². The number of halogens is 1. The van der Waals surface area contributed by atoms with E-state index in [1.165, 1.54) is 12.1 Å². The molecule has 144 valence electrons. The van der Waals surface area contributed by atoms with E-state index < -0.39 is 11.8 Å². The summed E-state index contributed by atoms with van der Waals surface area (Å²) in [7, 11) is 0. The lowest BCUT2D eigenvalue weighted by molar-refractivity contribution is -0.136. The average Bonchev–Trinajstić information content (AvgIpc) is 2.65. The van der Waals surface area contributed by atoms with Crippen molar-refractivity contribution in [1.82, 2.24) is 5.32 Å². The van der Waals surface area contributed by atoms with Gasteiger partial charge in [0.05, 0.1) is 13.2 Å². The predicted molar refractivity (Wildman–Crippen MR) is 101 cm³/mol. The maximum atomic E-state index is 12.9. The first-order valence-corrected chi connectivity index (χ1v) is 8.76. The summed E-state index contributed by atoms with van der Waals surface area (Å²) < 4.78 is 23.8. The molecule has 6 nitrogen and oxygen atoms in total. The molecule has 0 spiro atoms. The summed E-state index contributed by atoms with van der Waals surface area (Å²) in [5.41, 5.74) is 1.30. The van der Waals surface area contributed by atoms with Crippen LogP contribution in [-0.4, -0.2) is 31.6 Å². The van der Waals surface area contributed by atoms with Gasteiger partial charge in [0, 0.05) is 18.3 Å². The van der Waals surface area contributed by atoms with Gasteiger partial charge in [-0.25, -0.2) is 4.39 Å². The molecule has 0 atom stereocenters. The third-order valence-electron chi connectivity index (χ3n) is 3.62. The maximum absolute atomic E-state index is 12.9.